The van der Waals surface area contributed by atoms with Gasteiger partial charge in [0.15, 0.2) is 5.82 Å². The number of amides is 3. The monoisotopic (exact) mass is 561 g/mol. The molecule has 3 unspecified atom stereocenters. The van der Waals surface area contributed by atoms with Crippen LogP contribution in [0.1, 0.15) is 32.0 Å². The predicted octanol–water partition coefficient (Wildman–Crippen LogP) is 2.66. The number of carbonyl (C=O) groups is 2. The molecule has 0 aromatic carbocycles. The van der Waals surface area contributed by atoms with Gasteiger partial charge < -0.3 is 30.2 Å². The van der Waals surface area contributed by atoms with E-state index in [0.717, 1.165) is 81.4 Å². The maximum atomic E-state index is 13.1. The molecule has 3 N–H and O–H groups in total. The maximum absolute atomic E-state index is 13.1. The first-order valence-electron chi connectivity index (χ1n) is 14.7. The van der Waals surface area contributed by atoms with Gasteiger partial charge in [0.2, 0.25) is 0 Å². The predicted molar refractivity (Wildman–Crippen MR) is 160 cm³/mol. The lowest BCUT2D eigenvalue weighted by Crippen LogP contribution is -2.40. The number of ether oxygens (including phenoxy) is 1. The third-order valence-electron chi connectivity index (χ3n) is 8.46. The van der Waals surface area contributed by atoms with Gasteiger partial charge >= 0.3 is 6.03 Å². The molecule has 41 heavy (non-hydrogen) atoms. The average molecular weight is 562 g/mol. The van der Waals surface area contributed by atoms with Crippen molar-refractivity contribution in [1.29, 1.82) is 0 Å². The number of carbonyl (C=O) groups excluding carboxylic acids is 2. The molecule has 2 aliphatic carbocycles. The number of rotatable bonds is 9. The quantitative estimate of drug-likeness (QED) is 0.401. The van der Waals surface area contributed by atoms with Crippen LogP contribution >= 0.6 is 0 Å². The normalized spacial score (nSPS) is 24.5. The Balaban J connectivity index is 1.21. The Morgan fingerprint density at radius 2 is 1.98 bits per heavy atom. The highest BCUT2D eigenvalue weighted by molar-refractivity contribution is 5.97. The van der Waals surface area contributed by atoms with Crippen LogP contribution in [0.4, 0.5) is 4.79 Å². The largest absolute Gasteiger partial charge is 0.379 e. The Kier molecular flexibility index (Phi) is 9.53. The van der Waals surface area contributed by atoms with Gasteiger partial charge in [0.25, 0.3) is 5.91 Å². The molecule has 0 radical (unpaired) electrons. The molecule has 3 amide bonds. The summed E-state index contributed by atoms with van der Waals surface area (Å²) in [6.45, 7) is 7.87. The van der Waals surface area contributed by atoms with Crippen LogP contribution in [0.25, 0.3) is 5.70 Å². The first kappa shape index (κ1) is 29.0. The smallest absolute Gasteiger partial charge is 0.319 e. The van der Waals surface area contributed by atoms with E-state index in [2.05, 4.69) is 60.5 Å². The van der Waals surface area contributed by atoms with E-state index in [-0.39, 0.29) is 23.8 Å². The number of nitrogens with zero attached hydrogens (tertiary/aromatic N) is 4. The molecule has 1 saturated heterocycles. The molecule has 1 aromatic rings. The second-order valence-electron chi connectivity index (χ2n) is 11.4. The lowest BCUT2D eigenvalue weighted by molar-refractivity contribution is -0.116. The molecule has 2 aliphatic heterocycles. The summed E-state index contributed by atoms with van der Waals surface area (Å²) in [5.74, 6) is 1.01. The second-order valence-corrected chi connectivity index (χ2v) is 11.4. The third kappa shape index (κ3) is 7.25. The van der Waals surface area contributed by atoms with E-state index in [1.165, 1.54) is 0 Å². The van der Waals surface area contributed by atoms with Crippen molar-refractivity contribution in [2.45, 2.75) is 38.8 Å². The molecule has 0 bridgehead atoms. The van der Waals surface area contributed by atoms with Gasteiger partial charge in [-0.2, -0.15) is 0 Å². The van der Waals surface area contributed by atoms with Gasteiger partial charge in [0.1, 0.15) is 0 Å². The van der Waals surface area contributed by atoms with Gasteiger partial charge in [0.05, 0.1) is 18.9 Å². The van der Waals surface area contributed by atoms with Crippen LogP contribution < -0.4 is 16.0 Å². The number of urea groups is 1. The van der Waals surface area contributed by atoms with E-state index in [4.69, 9.17) is 4.74 Å². The topological polar surface area (TPSA) is 104 Å². The zero-order chi connectivity index (χ0) is 28.8. The molecule has 0 saturated carbocycles. The Morgan fingerprint density at radius 1 is 1.15 bits per heavy atom. The number of allylic oxidation sites excluding steroid dienone is 4. The van der Waals surface area contributed by atoms with Crippen LogP contribution in [0.15, 0.2) is 65.7 Å². The standard InChI is InChI=1S/C31H43N7O3/c1-22-26(6-4-7-27(22)34-30(39)23-8-10-25(11-9-23)36(2)3)24-20-28(29-32-13-15-38(29)21-24)35-31(40)33-12-5-14-37-16-18-41-19-17-37/h4,7-10,13,15,20,24-26H,5-6,11-12,14,16-19,21H2,1-3H3,(H,34,39)(H2,33,35,40). The van der Waals surface area contributed by atoms with Crippen LogP contribution in [0, 0.1) is 11.8 Å². The van der Waals surface area contributed by atoms with Crippen LogP contribution in [0.5, 0.6) is 0 Å². The fourth-order valence-corrected chi connectivity index (χ4v) is 5.94. The lowest BCUT2D eigenvalue weighted by atomic mass is 9.79. The zero-order valence-electron chi connectivity index (χ0n) is 24.4. The fraction of sp³-hybridized carbons (Fsp3) is 0.516. The Morgan fingerprint density at radius 3 is 2.73 bits per heavy atom. The highest BCUT2D eigenvalue weighted by Crippen LogP contribution is 2.36. The van der Waals surface area contributed by atoms with E-state index in [1.807, 2.05) is 38.5 Å². The highest BCUT2D eigenvalue weighted by atomic mass is 16.5. The molecule has 10 nitrogen and oxygen atoms in total. The van der Waals surface area contributed by atoms with Crippen molar-refractivity contribution in [3.05, 3.63) is 71.5 Å². The van der Waals surface area contributed by atoms with Gasteiger partial charge in [-0.3, -0.25) is 9.69 Å². The van der Waals surface area contributed by atoms with Gasteiger partial charge in [0, 0.05) is 61.8 Å². The minimum Gasteiger partial charge on any atom is -0.379 e. The highest BCUT2D eigenvalue weighted by Gasteiger charge is 2.30. The average Bonchev–Trinajstić information content (AvgIpc) is 3.46. The lowest BCUT2D eigenvalue weighted by Gasteiger charge is -2.33. The minimum atomic E-state index is -0.220. The molecule has 220 valence electrons. The van der Waals surface area contributed by atoms with Gasteiger partial charge in [-0.1, -0.05) is 30.4 Å². The van der Waals surface area contributed by atoms with Crippen molar-refractivity contribution in [3.63, 3.8) is 0 Å². The van der Waals surface area contributed by atoms with Gasteiger partial charge in [-0.25, -0.2) is 9.78 Å². The van der Waals surface area contributed by atoms with Crippen molar-refractivity contribution in [2.24, 2.45) is 11.8 Å². The van der Waals surface area contributed by atoms with E-state index in [9.17, 15) is 9.59 Å². The first-order chi connectivity index (χ1) is 19.9. The minimum absolute atomic E-state index is 0.0816. The molecule has 3 atom stereocenters. The summed E-state index contributed by atoms with van der Waals surface area (Å²) in [7, 11) is 4.09. The van der Waals surface area contributed by atoms with Crippen molar-refractivity contribution in [2.75, 3.05) is 53.5 Å². The van der Waals surface area contributed by atoms with Crippen LogP contribution in [-0.2, 0) is 16.1 Å². The van der Waals surface area contributed by atoms with Crippen LogP contribution in [-0.4, -0.2) is 90.8 Å². The Hall–Kier alpha value is -3.47. The number of hydrogen-bond donors (Lipinski definition) is 3. The molecular formula is C31H43N7O3. The fourth-order valence-electron chi connectivity index (χ4n) is 5.94. The van der Waals surface area contributed by atoms with Gasteiger partial charge in [-0.15, -0.1) is 0 Å². The Labute approximate surface area is 242 Å². The first-order valence-corrected chi connectivity index (χ1v) is 14.7. The van der Waals surface area contributed by atoms with E-state index in [0.29, 0.717) is 18.2 Å². The summed E-state index contributed by atoms with van der Waals surface area (Å²) in [5.41, 5.74) is 3.41. The summed E-state index contributed by atoms with van der Waals surface area (Å²) in [6, 6.07) is 0.0973. The van der Waals surface area contributed by atoms with Crippen molar-refractivity contribution >= 4 is 17.6 Å². The van der Waals surface area contributed by atoms with Crippen molar-refractivity contribution < 1.29 is 14.3 Å². The number of hydrogen-bond acceptors (Lipinski definition) is 6. The zero-order valence-corrected chi connectivity index (χ0v) is 24.4. The molecule has 1 fully saturated rings. The van der Waals surface area contributed by atoms with Crippen molar-refractivity contribution in [1.82, 2.24) is 35.3 Å². The molecule has 0 spiro atoms. The molecule has 10 heteroatoms. The molecule has 1 aromatic heterocycles. The number of fused-ring (bicyclic) bond motifs is 1. The number of morpholine rings is 1. The van der Waals surface area contributed by atoms with E-state index < -0.39 is 0 Å². The summed E-state index contributed by atoms with van der Waals surface area (Å²) in [4.78, 5) is 34.9. The van der Waals surface area contributed by atoms with Crippen molar-refractivity contribution in [3.8, 4) is 0 Å². The number of aromatic nitrogens is 2. The van der Waals surface area contributed by atoms with Crippen LogP contribution in [0.3, 0.4) is 0 Å². The summed E-state index contributed by atoms with van der Waals surface area (Å²) >= 11 is 0. The Bertz CT molecular complexity index is 1270. The molecule has 5 rings (SSSR count). The number of imidazole rings is 1. The molecular weight excluding hydrogens is 518 g/mol. The van der Waals surface area contributed by atoms with Crippen LogP contribution in [0.2, 0.25) is 0 Å². The maximum Gasteiger partial charge on any atom is 0.319 e. The van der Waals surface area contributed by atoms with E-state index in [1.54, 1.807) is 6.20 Å². The summed E-state index contributed by atoms with van der Waals surface area (Å²) in [6.07, 6.45) is 18.6. The molecule has 3 heterocycles. The summed E-state index contributed by atoms with van der Waals surface area (Å²) in [5, 5.41) is 9.20. The van der Waals surface area contributed by atoms with E-state index >= 15 is 0 Å². The number of likely N-dealkylation sites (N-methyl/N-ethyl adjacent to an activating group) is 1. The number of nitrogens with one attached hydrogen (secondary N) is 3. The third-order valence-corrected chi connectivity index (χ3v) is 8.46. The second kappa shape index (κ2) is 13.5. The van der Waals surface area contributed by atoms with Gasteiger partial charge in [-0.05, 0) is 64.4 Å². The SMILES string of the molecule is CC1=C(NC(=O)C2=CCC(N(C)C)C=C2)C=CCC1C1C=C(NC(=O)NCCCN2CCOCC2)c2nccn2C1. The summed E-state index contributed by atoms with van der Waals surface area (Å²) < 4.78 is 7.50. The molecule has 4 aliphatic rings.